The molecule has 0 radical (unpaired) electrons. The standard InChI is InChI=1S/C25H27FN4O2/c1-17-23(25(31)28-13-19-4-3-5-22(12-19)32-2)14-27-24(29-17)20-10-11-30(16-20)15-18-6-8-21(26)9-7-18/h3-9,12,14,20H,10-11,13,15-16H2,1-2H3,(H,28,31)/t20-/m0/s1. The molecule has 1 aliphatic rings. The summed E-state index contributed by atoms with van der Waals surface area (Å²) in [6.45, 7) is 4.81. The first-order chi connectivity index (χ1) is 15.5. The zero-order valence-electron chi connectivity index (χ0n) is 18.3. The number of nitrogens with zero attached hydrogens (tertiary/aromatic N) is 3. The maximum absolute atomic E-state index is 13.1. The first-order valence-corrected chi connectivity index (χ1v) is 10.7. The summed E-state index contributed by atoms with van der Waals surface area (Å²) in [5.41, 5.74) is 3.21. The lowest BCUT2D eigenvalue weighted by atomic mass is 10.1. The van der Waals surface area contributed by atoms with Crippen molar-refractivity contribution < 1.29 is 13.9 Å². The van der Waals surface area contributed by atoms with Gasteiger partial charge in [-0.25, -0.2) is 14.4 Å². The van der Waals surface area contributed by atoms with Gasteiger partial charge in [-0.3, -0.25) is 9.69 Å². The van der Waals surface area contributed by atoms with Crippen LogP contribution in [0, 0.1) is 12.7 Å². The van der Waals surface area contributed by atoms with Crippen molar-refractivity contribution in [1.29, 1.82) is 0 Å². The minimum absolute atomic E-state index is 0.193. The van der Waals surface area contributed by atoms with E-state index in [0.29, 0.717) is 17.8 Å². The molecule has 0 aliphatic carbocycles. The smallest absolute Gasteiger partial charge is 0.254 e. The number of carbonyl (C=O) groups is 1. The monoisotopic (exact) mass is 434 g/mol. The Bertz CT molecular complexity index is 1090. The van der Waals surface area contributed by atoms with E-state index >= 15 is 0 Å². The summed E-state index contributed by atoms with van der Waals surface area (Å²) in [6, 6.07) is 14.2. The maximum Gasteiger partial charge on any atom is 0.254 e. The first kappa shape index (κ1) is 21.9. The van der Waals surface area contributed by atoms with E-state index in [-0.39, 0.29) is 17.6 Å². The molecule has 2 heterocycles. The number of halogens is 1. The van der Waals surface area contributed by atoms with E-state index < -0.39 is 0 Å². The SMILES string of the molecule is COc1cccc(CNC(=O)c2cnc([C@H]3CCN(Cc4ccc(F)cc4)C3)nc2C)c1. The van der Waals surface area contributed by atoms with Crippen molar-refractivity contribution in [2.75, 3.05) is 20.2 Å². The lowest BCUT2D eigenvalue weighted by Crippen LogP contribution is -2.25. The zero-order chi connectivity index (χ0) is 22.5. The van der Waals surface area contributed by atoms with Crippen LogP contribution in [0.4, 0.5) is 4.39 Å². The van der Waals surface area contributed by atoms with Crippen molar-refractivity contribution in [3.63, 3.8) is 0 Å². The Kier molecular flexibility index (Phi) is 6.75. The largest absolute Gasteiger partial charge is 0.497 e. The van der Waals surface area contributed by atoms with Crippen molar-refractivity contribution in [3.05, 3.63) is 88.8 Å². The van der Waals surface area contributed by atoms with Crippen molar-refractivity contribution in [3.8, 4) is 5.75 Å². The summed E-state index contributed by atoms with van der Waals surface area (Å²) in [5.74, 6) is 1.34. The molecule has 4 rings (SSSR count). The molecule has 1 N–H and O–H groups in total. The quantitative estimate of drug-likeness (QED) is 0.612. The Balaban J connectivity index is 1.35. The number of benzene rings is 2. The van der Waals surface area contributed by atoms with Gasteiger partial charge in [-0.05, 0) is 55.3 Å². The number of aromatic nitrogens is 2. The highest BCUT2D eigenvalue weighted by Gasteiger charge is 2.26. The fraction of sp³-hybridized carbons (Fsp3) is 0.320. The Hall–Kier alpha value is -3.32. The van der Waals surface area contributed by atoms with Gasteiger partial charge >= 0.3 is 0 Å². The highest BCUT2D eigenvalue weighted by atomic mass is 19.1. The van der Waals surface area contributed by atoms with Crippen LogP contribution in [-0.2, 0) is 13.1 Å². The number of methoxy groups -OCH3 is 1. The second-order valence-corrected chi connectivity index (χ2v) is 8.11. The predicted octanol–water partition coefficient (Wildman–Crippen LogP) is 3.85. The fourth-order valence-electron chi connectivity index (χ4n) is 4.00. The van der Waals surface area contributed by atoms with Gasteiger partial charge in [0.1, 0.15) is 17.4 Å². The van der Waals surface area contributed by atoms with E-state index in [4.69, 9.17) is 4.74 Å². The molecule has 166 valence electrons. The second-order valence-electron chi connectivity index (χ2n) is 8.11. The molecule has 0 spiro atoms. The van der Waals surface area contributed by atoms with Gasteiger partial charge < -0.3 is 10.1 Å². The number of ether oxygens (including phenoxy) is 1. The van der Waals surface area contributed by atoms with Gasteiger partial charge in [0.25, 0.3) is 5.91 Å². The van der Waals surface area contributed by atoms with Crippen LogP contribution in [0.3, 0.4) is 0 Å². The summed E-state index contributed by atoms with van der Waals surface area (Å²) in [7, 11) is 1.62. The molecule has 7 heteroatoms. The van der Waals surface area contributed by atoms with E-state index in [9.17, 15) is 9.18 Å². The number of hydrogen-bond donors (Lipinski definition) is 1. The molecule has 1 saturated heterocycles. The van der Waals surface area contributed by atoms with Crippen molar-refractivity contribution >= 4 is 5.91 Å². The molecule has 3 aromatic rings. The van der Waals surface area contributed by atoms with Gasteiger partial charge in [0.05, 0.1) is 18.4 Å². The molecule has 1 atom stereocenters. The summed E-state index contributed by atoms with van der Waals surface area (Å²) >= 11 is 0. The van der Waals surface area contributed by atoms with Crippen LogP contribution in [0.15, 0.2) is 54.7 Å². The Labute approximate surface area is 187 Å². The minimum Gasteiger partial charge on any atom is -0.497 e. The Morgan fingerprint density at radius 2 is 2.03 bits per heavy atom. The molecule has 1 amide bonds. The van der Waals surface area contributed by atoms with Crippen LogP contribution in [0.5, 0.6) is 5.75 Å². The molecule has 6 nitrogen and oxygen atoms in total. The van der Waals surface area contributed by atoms with Crippen LogP contribution in [-0.4, -0.2) is 41.0 Å². The van der Waals surface area contributed by atoms with E-state index in [2.05, 4.69) is 20.2 Å². The van der Waals surface area contributed by atoms with Gasteiger partial charge in [-0.2, -0.15) is 0 Å². The Morgan fingerprint density at radius 3 is 2.78 bits per heavy atom. The number of likely N-dealkylation sites (tertiary alicyclic amines) is 1. The molecule has 0 unspecified atom stereocenters. The van der Waals surface area contributed by atoms with Gasteiger partial charge in [0.15, 0.2) is 0 Å². The normalized spacial score (nSPS) is 16.2. The van der Waals surface area contributed by atoms with Gasteiger partial charge in [0, 0.05) is 31.7 Å². The molecule has 1 aliphatic heterocycles. The van der Waals surface area contributed by atoms with Crippen molar-refractivity contribution in [2.45, 2.75) is 32.4 Å². The molecule has 0 bridgehead atoms. The van der Waals surface area contributed by atoms with Crippen LogP contribution >= 0.6 is 0 Å². The average Bonchev–Trinajstić information content (AvgIpc) is 3.27. The van der Waals surface area contributed by atoms with Crippen LogP contribution in [0.25, 0.3) is 0 Å². The van der Waals surface area contributed by atoms with Crippen molar-refractivity contribution in [2.24, 2.45) is 0 Å². The lowest BCUT2D eigenvalue weighted by Gasteiger charge is -2.16. The Morgan fingerprint density at radius 1 is 1.22 bits per heavy atom. The maximum atomic E-state index is 13.1. The third-order valence-electron chi connectivity index (χ3n) is 5.79. The lowest BCUT2D eigenvalue weighted by molar-refractivity contribution is 0.0949. The average molecular weight is 435 g/mol. The van der Waals surface area contributed by atoms with Crippen LogP contribution in [0.2, 0.25) is 0 Å². The molecule has 1 fully saturated rings. The first-order valence-electron chi connectivity index (χ1n) is 10.7. The highest BCUT2D eigenvalue weighted by molar-refractivity contribution is 5.94. The number of aryl methyl sites for hydroxylation is 1. The summed E-state index contributed by atoms with van der Waals surface area (Å²) in [6.07, 6.45) is 2.59. The molecule has 32 heavy (non-hydrogen) atoms. The van der Waals surface area contributed by atoms with Crippen molar-refractivity contribution in [1.82, 2.24) is 20.2 Å². The number of nitrogens with one attached hydrogen (secondary N) is 1. The summed E-state index contributed by atoms with van der Waals surface area (Å²) < 4.78 is 18.3. The van der Waals surface area contributed by atoms with Gasteiger partial charge in [0.2, 0.25) is 0 Å². The van der Waals surface area contributed by atoms with E-state index in [0.717, 1.165) is 48.8 Å². The third-order valence-corrected chi connectivity index (χ3v) is 5.79. The molecular formula is C25H27FN4O2. The summed E-state index contributed by atoms with van der Waals surface area (Å²) in [5, 5.41) is 2.93. The number of rotatable bonds is 7. The van der Waals surface area contributed by atoms with E-state index in [1.807, 2.05) is 43.3 Å². The third kappa shape index (κ3) is 5.29. The molecular weight excluding hydrogens is 407 g/mol. The number of hydrogen-bond acceptors (Lipinski definition) is 5. The van der Waals surface area contributed by atoms with Crippen LogP contribution < -0.4 is 10.1 Å². The topological polar surface area (TPSA) is 67.3 Å². The minimum atomic E-state index is -0.218. The molecule has 2 aromatic carbocycles. The van der Waals surface area contributed by atoms with Gasteiger partial charge in [-0.1, -0.05) is 24.3 Å². The van der Waals surface area contributed by atoms with Gasteiger partial charge in [-0.15, -0.1) is 0 Å². The number of amides is 1. The second kappa shape index (κ2) is 9.87. The van der Waals surface area contributed by atoms with Crippen LogP contribution in [0.1, 0.15) is 45.3 Å². The van der Waals surface area contributed by atoms with E-state index in [1.165, 1.54) is 12.1 Å². The highest BCUT2D eigenvalue weighted by Crippen LogP contribution is 2.26. The summed E-state index contributed by atoms with van der Waals surface area (Å²) in [4.78, 5) is 24.1. The zero-order valence-corrected chi connectivity index (χ0v) is 18.3. The predicted molar refractivity (Wildman–Crippen MR) is 120 cm³/mol. The number of carbonyl (C=O) groups excluding carboxylic acids is 1. The molecule has 1 aromatic heterocycles. The van der Waals surface area contributed by atoms with E-state index in [1.54, 1.807) is 13.3 Å². The fourth-order valence-corrected chi connectivity index (χ4v) is 4.00. The molecule has 0 saturated carbocycles.